The Balaban J connectivity index is 1.32. The quantitative estimate of drug-likeness (QED) is 0.413. The van der Waals surface area contributed by atoms with Gasteiger partial charge in [-0.2, -0.15) is 0 Å². The summed E-state index contributed by atoms with van der Waals surface area (Å²) in [5.41, 5.74) is 0.695. The minimum absolute atomic E-state index is 0.216. The van der Waals surface area contributed by atoms with Crippen molar-refractivity contribution in [2.24, 2.45) is 40.4 Å². The lowest BCUT2D eigenvalue weighted by atomic mass is 9.44. The fourth-order valence-electron chi connectivity index (χ4n) is 9.68. The van der Waals surface area contributed by atoms with Gasteiger partial charge in [0.05, 0.1) is 5.69 Å². The lowest BCUT2D eigenvalue weighted by molar-refractivity contribution is -0.144. The molecule has 0 radical (unpaired) electrons. The van der Waals surface area contributed by atoms with Crippen molar-refractivity contribution in [3.8, 4) is 0 Å². The molecule has 0 saturated heterocycles. The molecule has 4 saturated carbocycles. The highest BCUT2D eigenvalue weighted by Gasteiger charge is 2.63. The zero-order valence-corrected chi connectivity index (χ0v) is 25.4. The van der Waals surface area contributed by atoms with E-state index >= 15 is 0 Å². The number of rotatable bonds is 4. The monoisotopic (exact) mass is 511 g/mol. The average Bonchev–Trinajstić information content (AvgIpc) is 3.17. The van der Waals surface area contributed by atoms with Gasteiger partial charge >= 0.3 is 0 Å². The molecule has 0 spiro atoms. The molecule has 36 heavy (non-hydrogen) atoms. The van der Waals surface area contributed by atoms with Crippen LogP contribution in [-0.4, -0.2) is 24.5 Å². The highest BCUT2D eigenvalue weighted by Crippen LogP contribution is 2.69. The van der Waals surface area contributed by atoms with Crippen LogP contribution < -0.4 is 0 Å². The van der Waals surface area contributed by atoms with E-state index in [0.717, 1.165) is 35.8 Å². The molecular formula is C32H53NO2Si. The Hall–Kier alpha value is -0.713. The maximum atomic E-state index is 11.8. The summed E-state index contributed by atoms with van der Waals surface area (Å²) in [6, 6.07) is 6.00. The van der Waals surface area contributed by atoms with Crippen molar-refractivity contribution in [1.82, 2.24) is 4.98 Å². The molecule has 0 aliphatic heterocycles. The summed E-state index contributed by atoms with van der Waals surface area (Å²) in [4.78, 5) is 4.60. The van der Waals surface area contributed by atoms with Gasteiger partial charge in [0, 0.05) is 12.3 Å². The summed E-state index contributed by atoms with van der Waals surface area (Å²) in [5.74, 6) is 3.54. The normalized spacial score (nSPS) is 42.7. The smallest absolute Gasteiger partial charge is 0.192 e. The minimum atomic E-state index is -1.72. The van der Waals surface area contributed by atoms with Crippen LogP contribution in [0.15, 0.2) is 24.4 Å². The van der Waals surface area contributed by atoms with Gasteiger partial charge in [-0.15, -0.1) is 0 Å². The minimum Gasteiger partial charge on any atom is -0.414 e. The van der Waals surface area contributed by atoms with Crippen LogP contribution in [0.2, 0.25) is 18.1 Å². The molecule has 4 aliphatic rings. The second kappa shape index (κ2) is 8.91. The molecule has 1 N–H and O–H groups in total. The molecule has 1 aromatic rings. The fraction of sp³-hybridized carbons (Fsp3) is 0.844. The van der Waals surface area contributed by atoms with Gasteiger partial charge in [-0.25, -0.2) is 0 Å². The Morgan fingerprint density at radius 2 is 1.61 bits per heavy atom. The SMILES string of the molecule is CC(O)(c1ccccn1)[C@H]1CC[C@H]2[C@@H]3CC[C@H]4C[C@@H](O[Si](C)(C)C(C)(C)C)CC[C@]4(C)[C@H]3CC[C@]12C. The van der Waals surface area contributed by atoms with Gasteiger partial charge in [0.25, 0.3) is 0 Å². The zero-order valence-electron chi connectivity index (χ0n) is 24.4. The van der Waals surface area contributed by atoms with E-state index in [-0.39, 0.29) is 10.5 Å². The summed E-state index contributed by atoms with van der Waals surface area (Å²) in [5, 5.41) is 12.1. The van der Waals surface area contributed by atoms with Crippen LogP contribution in [0.4, 0.5) is 0 Å². The number of nitrogens with zero attached hydrogens (tertiary/aromatic N) is 1. The summed E-state index contributed by atoms with van der Waals surface area (Å²) >= 11 is 0. The maximum Gasteiger partial charge on any atom is 0.192 e. The van der Waals surface area contributed by atoms with E-state index in [1.807, 2.05) is 31.3 Å². The van der Waals surface area contributed by atoms with E-state index in [2.05, 4.69) is 52.7 Å². The molecular weight excluding hydrogens is 458 g/mol. The lowest BCUT2D eigenvalue weighted by Gasteiger charge is -2.62. The molecule has 0 amide bonds. The number of hydrogen-bond acceptors (Lipinski definition) is 3. The summed E-state index contributed by atoms with van der Waals surface area (Å²) in [6.45, 7) is 19.2. The van der Waals surface area contributed by atoms with Crippen molar-refractivity contribution in [3.05, 3.63) is 30.1 Å². The van der Waals surface area contributed by atoms with E-state index in [1.165, 1.54) is 51.4 Å². The molecule has 1 unspecified atom stereocenters. The number of fused-ring (bicyclic) bond motifs is 5. The van der Waals surface area contributed by atoms with E-state index in [4.69, 9.17) is 4.43 Å². The van der Waals surface area contributed by atoms with Gasteiger partial charge in [0.1, 0.15) is 5.60 Å². The van der Waals surface area contributed by atoms with Crippen molar-refractivity contribution in [2.45, 2.75) is 129 Å². The third-order valence-corrected chi connectivity index (χ3v) is 17.3. The van der Waals surface area contributed by atoms with Crippen molar-refractivity contribution in [1.29, 1.82) is 0 Å². The fourth-order valence-corrected chi connectivity index (χ4v) is 11.1. The maximum absolute atomic E-state index is 11.8. The van der Waals surface area contributed by atoms with Gasteiger partial charge in [-0.1, -0.05) is 40.7 Å². The largest absolute Gasteiger partial charge is 0.414 e. The molecule has 202 valence electrons. The van der Waals surface area contributed by atoms with Crippen LogP contribution in [0.3, 0.4) is 0 Å². The molecule has 3 nitrogen and oxygen atoms in total. The van der Waals surface area contributed by atoms with Gasteiger partial charge in [-0.05, 0) is 135 Å². The summed E-state index contributed by atoms with van der Waals surface area (Å²) in [6.07, 6.45) is 14.0. The van der Waals surface area contributed by atoms with E-state index in [9.17, 15) is 5.11 Å². The summed E-state index contributed by atoms with van der Waals surface area (Å²) < 4.78 is 6.96. The Labute approximate surface area is 222 Å². The molecule has 0 aromatic carbocycles. The van der Waals surface area contributed by atoms with Crippen LogP contribution >= 0.6 is 0 Å². The van der Waals surface area contributed by atoms with E-state index in [0.29, 0.717) is 17.4 Å². The third-order valence-electron chi connectivity index (χ3n) is 12.7. The number of aliphatic hydroxyl groups is 1. The van der Waals surface area contributed by atoms with Gasteiger partial charge in [-0.3, -0.25) is 4.98 Å². The highest BCUT2D eigenvalue weighted by molar-refractivity contribution is 6.74. The summed E-state index contributed by atoms with van der Waals surface area (Å²) in [7, 11) is -1.72. The first-order valence-corrected chi connectivity index (χ1v) is 17.9. The first-order valence-electron chi connectivity index (χ1n) is 15.0. The van der Waals surface area contributed by atoms with Gasteiger partial charge < -0.3 is 9.53 Å². The van der Waals surface area contributed by atoms with Gasteiger partial charge in [0.2, 0.25) is 0 Å². The second-order valence-corrected chi connectivity index (χ2v) is 20.2. The first-order chi connectivity index (χ1) is 16.7. The standard InChI is InChI=1S/C32H53NO2Si/c1-29(2,3)36(7,8)35-23-16-18-30(4)22(21-23)12-13-24-25-14-15-27(31(25,5)19-17-26(24)30)32(6,34)28-11-9-10-20-33-28/h9-11,20,22-27,34H,12-19,21H2,1-8H3/t22-,23-,24-,25-,26-,27-,30-,31-,32?/m0/s1. The molecule has 4 aliphatic carbocycles. The molecule has 4 heteroatoms. The van der Waals surface area contributed by atoms with Crippen LogP contribution in [0, 0.1) is 40.4 Å². The Morgan fingerprint density at radius 1 is 0.917 bits per heavy atom. The third kappa shape index (κ3) is 4.16. The van der Waals surface area contributed by atoms with Crippen LogP contribution in [0.1, 0.15) is 105 Å². The van der Waals surface area contributed by atoms with Crippen LogP contribution in [-0.2, 0) is 10.0 Å². The molecule has 9 atom stereocenters. The van der Waals surface area contributed by atoms with E-state index < -0.39 is 13.9 Å². The van der Waals surface area contributed by atoms with Gasteiger partial charge in [0.15, 0.2) is 8.32 Å². The topological polar surface area (TPSA) is 42.4 Å². The van der Waals surface area contributed by atoms with Crippen molar-refractivity contribution in [3.63, 3.8) is 0 Å². The van der Waals surface area contributed by atoms with Crippen molar-refractivity contribution < 1.29 is 9.53 Å². The van der Waals surface area contributed by atoms with Crippen LogP contribution in [0.25, 0.3) is 0 Å². The number of hydrogen-bond donors (Lipinski definition) is 1. The lowest BCUT2D eigenvalue weighted by Crippen LogP contribution is -2.56. The van der Waals surface area contributed by atoms with E-state index in [1.54, 1.807) is 0 Å². The molecule has 1 aromatic heterocycles. The Morgan fingerprint density at radius 3 is 2.28 bits per heavy atom. The zero-order chi connectivity index (χ0) is 26.1. The number of aromatic nitrogens is 1. The predicted octanol–water partition coefficient (Wildman–Crippen LogP) is 8.34. The number of pyridine rings is 1. The van der Waals surface area contributed by atoms with Crippen molar-refractivity contribution in [2.75, 3.05) is 0 Å². The molecule has 5 rings (SSSR count). The van der Waals surface area contributed by atoms with Crippen LogP contribution in [0.5, 0.6) is 0 Å². The highest BCUT2D eigenvalue weighted by atomic mass is 28.4. The van der Waals surface area contributed by atoms with Crippen molar-refractivity contribution >= 4 is 8.32 Å². The Bertz CT molecular complexity index is 939. The molecule has 4 fully saturated rings. The Kier molecular flexibility index (Phi) is 6.65. The second-order valence-electron chi connectivity index (χ2n) is 15.5. The molecule has 0 bridgehead atoms. The predicted molar refractivity (Wildman–Crippen MR) is 151 cm³/mol. The average molecular weight is 512 g/mol. The molecule has 1 heterocycles. The first kappa shape index (κ1) is 26.9.